The Labute approximate surface area is 152 Å². The molecule has 134 valence electrons. The number of para-hydroxylation sites is 1. The van der Waals surface area contributed by atoms with Gasteiger partial charge in [0.2, 0.25) is 0 Å². The number of benzene rings is 1. The summed E-state index contributed by atoms with van der Waals surface area (Å²) >= 11 is 1.78. The van der Waals surface area contributed by atoms with E-state index in [1.807, 2.05) is 11.0 Å². The number of hydrogen-bond donors (Lipinski definition) is 1. The fourth-order valence-corrected chi connectivity index (χ4v) is 5.39. The lowest BCUT2D eigenvalue weighted by Crippen LogP contribution is -2.49. The maximum atomic E-state index is 11.9. The molecule has 4 rings (SSSR count). The van der Waals surface area contributed by atoms with Gasteiger partial charge in [-0.15, -0.1) is 0 Å². The number of urea groups is 1. The van der Waals surface area contributed by atoms with Crippen molar-refractivity contribution in [3.05, 3.63) is 24.3 Å². The Balaban J connectivity index is 1.44. The molecule has 2 aromatic rings. The van der Waals surface area contributed by atoms with Gasteiger partial charge in [-0.2, -0.15) is 0 Å². The van der Waals surface area contributed by atoms with Gasteiger partial charge in [0.1, 0.15) is 0 Å². The van der Waals surface area contributed by atoms with Crippen molar-refractivity contribution in [1.82, 2.24) is 9.88 Å². The highest BCUT2D eigenvalue weighted by Crippen LogP contribution is 2.34. The lowest BCUT2D eigenvalue weighted by molar-refractivity contribution is 0.143. The van der Waals surface area contributed by atoms with Gasteiger partial charge in [0.15, 0.2) is 5.13 Å². The van der Waals surface area contributed by atoms with Crippen LogP contribution < -0.4 is 10.6 Å². The Morgan fingerprint density at radius 3 is 2.64 bits per heavy atom. The smallest absolute Gasteiger partial charge is 0.315 e. The van der Waals surface area contributed by atoms with Gasteiger partial charge < -0.3 is 15.5 Å². The zero-order valence-electron chi connectivity index (χ0n) is 14.6. The van der Waals surface area contributed by atoms with Crippen molar-refractivity contribution in [2.75, 3.05) is 24.5 Å². The van der Waals surface area contributed by atoms with Crippen molar-refractivity contribution >= 4 is 32.7 Å². The Morgan fingerprint density at radius 1 is 1.08 bits per heavy atom. The maximum Gasteiger partial charge on any atom is 0.315 e. The van der Waals surface area contributed by atoms with Gasteiger partial charge in [0, 0.05) is 25.7 Å². The molecule has 0 bridgehead atoms. The first-order chi connectivity index (χ1) is 12.2. The molecule has 3 heterocycles. The van der Waals surface area contributed by atoms with E-state index in [1.165, 1.54) is 17.5 Å². The quantitative estimate of drug-likeness (QED) is 0.887. The number of anilines is 1. The minimum Gasteiger partial charge on any atom is -0.351 e. The molecule has 2 amide bonds. The summed E-state index contributed by atoms with van der Waals surface area (Å²) < 4.78 is 1.25. The summed E-state index contributed by atoms with van der Waals surface area (Å²) in [5.74, 6) is 0.566. The summed E-state index contributed by atoms with van der Waals surface area (Å²) in [7, 11) is 0. The molecule has 2 N–H and O–H groups in total. The number of amides is 2. The van der Waals surface area contributed by atoms with Crippen molar-refractivity contribution in [1.29, 1.82) is 0 Å². The predicted octanol–water partition coefficient (Wildman–Crippen LogP) is 3.84. The van der Waals surface area contributed by atoms with E-state index in [0.29, 0.717) is 12.0 Å². The SMILES string of the molecule is NC(=O)N1CCCCCC1C1CCN(c2nc3ccccc3s2)CC1. The Kier molecular flexibility index (Phi) is 4.79. The monoisotopic (exact) mass is 358 g/mol. The van der Waals surface area contributed by atoms with Gasteiger partial charge in [-0.3, -0.25) is 0 Å². The summed E-state index contributed by atoms with van der Waals surface area (Å²) in [6.45, 7) is 2.87. The van der Waals surface area contributed by atoms with Crippen LogP contribution in [0.4, 0.5) is 9.93 Å². The lowest BCUT2D eigenvalue weighted by atomic mass is 9.86. The molecule has 2 aliphatic rings. The second-order valence-electron chi connectivity index (χ2n) is 7.24. The molecular weight excluding hydrogens is 332 g/mol. The van der Waals surface area contributed by atoms with Crippen LogP contribution in [0.3, 0.4) is 0 Å². The Hall–Kier alpha value is -1.82. The number of primary amides is 1. The number of nitrogens with two attached hydrogens (primary N) is 1. The van der Waals surface area contributed by atoms with E-state index in [4.69, 9.17) is 10.7 Å². The highest BCUT2D eigenvalue weighted by molar-refractivity contribution is 7.22. The largest absolute Gasteiger partial charge is 0.351 e. The van der Waals surface area contributed by atoms with Crippen LogP contribution in [0.15, 0.2) is 24.3 Å². The van der Waals surface area contributed by atoms with Crippen molar-refractivity contribution in [3.8, 4) is 0 Å². The van der Waals surface area contributed by atoms with Crippen molar-refractivity contribution in [2.45, 2.75) is 44.6 Å². The summed E-state index contributed by atoms with van der Waals surface area (Å²) in [5, 5.41) is 1.13. The van der Waals surface area contributed by atoms with Crippen LogP contribution >= 0.6 is 11.3 Å². The van der Waals surface area contributed by atoms with Gasteiger partial charge in [-0.1, -0.05) is 36.3 Å². The standard InChI is InChI=1S/C19H26N4OS/c20-18(24)23-11-5-1-2-7-16(23)14-9-12-22(13-10-14)19-21-15-6-3-4-8-17(15)25-19/h3-4,6,8,14,16H,1-2,5,7,9-13H2,(H2,20,24). The maximum absolute atomic E-state index is 11.9. The van der Waals surface area contributed by atoms with Crippen LogP contribution in [0.2, 0.25) is 0 Å². The van der Waals surface area contributed by atoms with Crippen LogP contribution in [-0.4, -0.2) is 41.6 Å². The van der Waals surface area contributed by atoms with Gasteiger partial charge in [-0.25, -0.2) is 9.78 Å². The molecule has 1 unspecified atom stereocenters. The molecule has 2 saturated heterocycles. The number of hydrogen-bond acceptors (Lipinski definition) is 4. The molecule has 0 aliphatic carbocycles. The number of carbonyl (C=O) groups excluding carboxylic acids is 1. The van der Waals surface area contributed by atoms with Crippen LogP contribution in [0.25, 0.3) is 10.2 Å². The third-order valence-electron chi connectivity index (χ3n) is 5.72. The lowest BCUT2D eigenvalue weighted by Gasteiger charge is -2.40. The van der Waals surface area contributed by atoms with E-state index < -0.39 is 0 Å². The molecule has 25 heavy (non-hydrogen) atoms. The number of aromatic nitrogens is 1. The summed E-state index contributed by atoms with van der Waals surface area (Å²) in [6.07, 6.45) is 6.85. The number of thiazole rings is 1. The van der Waals surface area contributed by atoms with Gasteiger partial charge in [-0.05, 0) is 43.7 Å². The number of rotatable bonds is 2. The van der Waals surface area contributed by atoms with Crippen LogP contribution in [0.1, 0.15) is 38.5 Å². The number of fused-ring (bicyclic) bond motifs is 1. The molecule has 1 aromatic heterocycles. The van der Waals surface area contributed by atoms with Crippen LogP contribution in [0, 0.1) is 5.92 Å². The van der Waals surface area contributed by atoms with Gasteiger partial charge in [0.05, 0.1) is 10.2 Å². The second kappa shape index (κ2) is 7.20. The second-order valence-corrected chi connectivity index (χ2v) is 8.25. The van der Waals surface area contributed by atoms with E-state index in [2.05, 4.69) is 23.1 Å². The number of carbonyl (C=O) groups is 1. The van der Waals surface area contributed by atoms with Gasteiger partial charge in [0.25, 0.3) is 0 Å². The molecule has 1 atom stereocenters. The van der Waals surface area contributed by atoms with E-state index in [1.54, 1.807) is 11.3 Å². The summed E-state index contributed by atoms with van der Waals surface area (Å²) in [6, 6.07) is 8.43. The topological polar surface area (TPSA) is 62.5 Å². The van der Waals surface area contributed by atoms with Crippen LogP contribution in [-0.2, 0) is 0 Å². The van der Waals surface area contributed by atoms with E-state index >= 15 is 0 Å². The fourth-order valence-electron chi connectivity index (χ4n) is 4.37. The Bertz CT molecular complexity index is 705. The first-order valence-corrected chi connectivity index (χ1v) is 10.2. The average Bonchev–Trinajstić information content (AvgIpc) is 2.91. The molecule has 0 radical (unpaired) electrons. The molecule has 0 spiro atoms. The third kappa shape index (κ3) is 3.45. The predicted molar refractivity (Wildman–Crippen MR) is 103 cm³/mol. The first kappa shape index (κ1) is 16.6. The van der Waals surface area contributed by atoms with E-state index in [0.717, 1.165) is 56.0 Å². The highest BCUT2D eigenvalue weighted by Gasteiger charge is 2.33. The number of likely N-dealkylation sites (tertiary alicyclic amines) is 1. The number of piperidine rings is 1. The van der Waals surface area contributed by atoms with Crippen molar-refractivity contribution in [3.63, 3.8) is 0 Å². The minimum absolute atomic E-state index is 0.236. The molecule has 5 nitrogen and oxygen atoms in total. The molecule has 6 heteroatoms. The highest BCUT2D eigenvalue weighted by atomic mass is 32.1. The Morgan fingerprint density at radius 2 is 1.88 bits per heavy atom. The normalized spacial score (nSPS) is 23.0. The molecular formula is C19H26N4OS. The van der Waals surface area contributed by atoms with Gasteiger partial charge >= 0.3 is 6.03 Å². The fraction of sp³-hybridized carbons (Fsp3) is 0.579. The summed E-state index contributed by atoms with van der Waals surface area (Å²) in [4.78, 5) is 21.0. The zero-order valence-corrected chi connectivity index (χ0v) is 15.4. The average molecular weight is 359 g/mol. The molecule has 2 aliphatic heterocycles. The zero-order chi connectivity index (χ0) is 17.2. The third-order valence-corrected chi connectivity index (χ3v) is 6.82. The van der Waals surface area contributed by atoms with Crippen LogP contribution in [0.5, 0.6) is 0 Å². The van der Waals surface area contributed by atoms with Crippen molar-refractivity contribution in [2.24, 2.45) is 11.7 Å². The molecule has 2 fully saturated rings. The van der Waals surface area contributed by atoms with E-state index in [9.17, 15) is 4.79 Å². The number of nitrogens with zero attached hydrogens (tertiary/aromatic N) is 3. The van der Waals surface area contributed by atoms with Crippen molar-refractivity contribution < 1.29 is 4.79 Å². The minimum atomic E-state index is -0.236. The molecule has 0 saturated carbocycles. The first-order valence-electron chi connectivity index (χ1n) is 9.39. The van der Waals surface area contributed by atoms with E-state index in [-0.39, 0.29) is 6.03 Å². The molecule has 1 aromatic carbocycles. The summed E-state index contributed by atoms with van der Waals surface area (Å²) in [5.41, 5.74) is 6.75.